The maximum atomic E-state index is 12.9. The second-order valence-corrected chi connectivity index (χ2v) is 6.33. The molecule has 0 atom stereocenters. The molecule has 24 heavy (non-hydrogen) atoms. The number of aromatic nitrogens is 2. The van der Waals surface area contributed by atoms with E-state index in [2.05, 4.69) is 25.0 Å². The van der Waals surface area contributed by atoms with Gasteiger partial charge in [0.1, 0.15) is 5.69 Å². The lowest BCUT2D eigenvalue weighted by atomic mass is 9.99. The molecule has 0 saturated heterocycles. The van der Waals surface area contributed by atoms with E-state index < -0.39 is 0 Å². The molecule has 0 bridgehead atoms. The molecule has 0 radical (unpaired) electrons. The molecule has 0 aliphatic carbocycles. The lowest BCUT2D eigenvalue weighted by Gasteiger charge is -2.29. The number of anilines is 1. The second kappa shape index (κ2) is 6.99. The fraction of sp³-hybridized carbons (Fsp3) is 0.421. The molecular weight excluding hydrogens is 302 g/mol. The summed E-state index contributed by atoms with van der Waals surface area (Å²) in [6.45, 7) is 5.36. The Bertz CT molecular complexity index is 810. The Morgan fingerprint density at radius 2 is 2.08 bits per heavy atom. The number of fused-ring (bicyclic) bond motifs is 1. The average molecular weight is 325 g/mol. The summed E-state index contributed by atoms with van der Waals surface area (Å²) in [5, 5.41) is 4.29. The van der Waals surface area contributed by atoms with Crippen LogP contribution in [0.3, 0.4) is 0 Å². The molecule has 0 N–H and O–H groups in total. The summed E-state index contributed by atoms with van der Waals surface area (Å²) in [4.78, 5) is 26.6. The van der Waals surface area contributed by atoms with Gasteiger partial charge >= 0.3 is 0 Å². The van der Waals surface area contributed by atoms with E-state index >= 15 is 0 Å². The lowest BCUT2D eigenvalue weighted by Crippen LogP contribution is -2.37. The van der Waals surface area contributed by atoms with Crippen molar-refractivity contribution in [2.24, 2.45) is 0 Å². The van der Waals surface area contributed by atoms with Crippen molar-refractivity contribution < 1.29 is 4.79 Å². The molecule has 0 fully saturated rings. The Hall–Kier alpha value is -2.43. The zero-order valence-corrected chi connectivity index (χ0v) is 14.3. The van der Waals surface area contributed by atoms with Crippen molar-refractivity contribution in [1.29, 1.82) is 0 Å². The number of carbonyl (C=O) groups excluding carboxylic acids is 1. The van der Waals surface area contributed by atoms with Gasteiger partial charge in [0.05, 0.1) is 0 Å². The SMILES string of the molecule is CCCCn1nc(C(=O)N2CCCc3cc(C)ccc32)ccc1=O. The summed E-state index contributed by atoms with van der Waals surface area (Å²) >= 11 is 0. The predicted molar refractivity (Wildman–Crippen MR) is 94.6 cm³/mol. The lowest BCUT2D eigenvalue weighted by molar-refractivity contribution is 0.0977. The van der Waals surface area contributed by atoms with Crippen LogP contribution in [0.15, 0.2) is 35.1 Å². The van der Waals surface area contributed by atoms with Crippen LogP contribution in [0.4, 0.5) is 5.69 Å². The molecule has 2 heterocycles. The maximum absolute atomic E-state index is 12.9. The van der Waals surface area contributed by atoms with Gasteiger partial charge in [-0.15, -0.1) is 0 Å². The molecule has 1 aliphatic heterocycles. The van der Waals surface area contributed by atoms with E-state index in [0.29, 0.717) is 18.8 Å². The highest BCUT2D eigenvalue weighted by Gasteiger charge is 2.24. The highest BCUT2D eigenvalue weighted by atomic mass is 16.2. The molecule has 1 aliphatic rings. The molecule has 5 heteroatoms. The van der Waals surface area contributed by atoms with Gasteiger partial charge in [-0.05, 0) is 43.9 Å². The summed E-state index contributed by atoms with van der Waals surface area (Å²) < 4.78 is 1.40. The van der Waals surface area contributed by atoms with Crippen molar-refractivity contribution in [1.82, 2.24) is 9.78 Å². The molecule has 0 saturated carbocycles. The minimum atomic E-state index is -0.158. The summed E-state index contributed by atoms with van der Waals surface area (Å²) in [6, 6.07) is 9.16. The molecular formula is C19H23N3O2. The fourth-order valence-electron chi connectivity index (χ4n) is 3.11. The van der Waals surface area contributed by atoms with E-state index in [1.165, 1.54) is 27.9 Å². The first kappa shape index (κ1) is 16.4. The van der Waals surface area contributed by atoms with Crippen LogP contribution in [0.25, 0.3) is 0 Å². The van der Waals surface area contributed by atoms with Crippen molar-refractivity contribution in [3.05, 3.63) is 57.5 Å². The number of carbonyl (C=O) groups is 1. The number of nitrogens with zero attached hydrogens (tertiary/aromatic N) is 3. The first-order valence-electron chi connectivity index (χ1n) is 8.59. The number of hydrogen-bond acceptors (Lipinski definition) is 3. The summed E-state index contributed by atoms with van der Waals surface area (Å²) in [6.07, 6.45) is 3.78. The summed E-state index contributed by atoms with van der Waals surface area (Å²) in [5.74, 6) is -0.134. The van der Waals surface area contributed by atoms with Crippen LogP contribution < -0.4 is 10.5 Å². The number of rotatable bonds is 4. The average Bonchev–Trinajstić information content (AvgIpc) is 2.59. The summed E-state index contributed by atoms with van der Waals surface area (Å²) in [7, 11) is 0. The van der Waals surface area contributed by atoms with Crippen LogP contribution in [0.1, 0.15) is 47.8 Å². The minimum absolute atomic E-state index is 0.134. The van der Waals surface area contributed by atoms with Gasteiger partial charge in [0.2, 0.25) is 0 Å². The van der Waals surface area contributed by atoms with Crippen LogP contribution in [0.2, 0.25) is 0 Å². The zero-order valence-electron chi connectivity index (χ0n) is 14.3. The van der Waals surface area contributed by atoms with Crippen LogP contribution in [0, 0.1) is 6.92 Å². The third kappa shape index (κ3) is 3.25. The normalized spacial score (nSPS) is 13.7. The van der Waals surface area contributed by atoms with E-state index in [0.717, 1.165) is 31.4 Å². The van der Waals surface area contributed by atoms with Gasteiger partial charge in [-0.1, -0.05) is 31.0 Å². The van der Waals surface area contributed by atoms with Crippen molar-refractivity contribution in [3.8, 4) is 0 Å². The third-order valence-electron chi connectivity index (χ3n) is 4.41. The standard InChI is InChI=1S/C19H23N3O2/c1-3-4-12-22-18(23)10-8-16(20-22)19(24)21-11-5-6-15-13-14(2)7-9-17(15)21/h7-10,13H,3-6,11-12H2,1-2H3. The van der Waals surface area contributed by atoms with Crippen LogP contribution >= 0.6 is 0 Å². The van der Waals surface area contributed by atoms with Crippen molar-refractivity contribution in [2.45, 2.75) is 46.1 Å². The third-order valence-corrected chi connectivity index (χ3v) is 4.41. The Morgan fingerprint density at radius 3 is 2.88 bits per heavy atom. The number of aryl methyl sites for hydroxylation is 3. The first-order chi connectivity index (χ1) is 11.6. The molecule has 0 unspecified atom stereocenters. The van der Waals surface area contributed by atoms with Crippen molar-refractivity contribution in [2.75, 3.05) is 11.4 Å². The van der Waals surface area contributed by atoms with Gasteiger partial charge in [-0.3, -0.25) is 9.59 Å². The zero-order chi connectivity index (χ0) is 17.1. The Balaban J connectivity index is 1.92. The summed E-state index contributed by atoms with van der Waals surface area (Å²) in [5.41, 5.74) is 3.54. The molecule has 3 rings (SSSR count). The van der Waals surface area contributed by atoms with Crippen molar-refractivity contribution in [3.63, 3.8) is 0 Å². The van der Waals surface area contributed by atoms with Crippen molar-refractivity contribution >= 4 is 11.6 Å². The minimum Gasteiger partial charge on any atom is -0.307 e. The van der Waals surface area contributed by atoms with Gasteiger partial charge < -0.3 is 4.90 Å². The number of amides is 1. The number of hydrogen-bond donors (Lipinski definition) is 0. The smallest absolute Gasteiger partial charge is 0.278 e. The molecule has 2 aromatic rings. The molecule has 1 aromatic carbocycles. The van der Waals surface area contributed by atoms with E-state index in [4.69, 9.17) is 0 Å². The largest absolute Gasteiger partial charge is 0.307 e. The Morgan fingerprint density at radius 1 is 1.25 bits per heavy atom. The molecule has 5 nitrogen and oxygen atoms in total. The second-order valence-electron chi connectivity index (χ2n) is 6.33. The van der Waals surface area contributed by atoms with Crippen LogP contribution in [0.5, 0.6) is 0 Å². The highest BCUT2D eigenvalue weighted by molar-refractivity contribution is 6.05. The topological polar surface area (TPSA) is 55.2 Å². The van der Waals surface area contributed by atoms with Crippen LogP contribution in [-0.2, 0) is 13.0 Å². The van der Waals surface area contributed by atoms with E-state index in [9.17, 15) is 9.59 Å². The molecule has 126 valence electrons. The van der Waals surface area contributed by atoms with Gasteiger partial charge in [-0.2, -0.15) is 5.10 Å². The van der Waals surface area contributed by atoms with Gasteiger partial charge in [0, 0.05) is 24.8 Å². The van der Waals surface area contributed by atoms with Gasteiger partial charge in [0.15, 0.2) is 0 Å². The van der Waals surface area contributed by atoms with Gasteiger partial charge in [0.25, 0.3) is 11.5 Å². The first-order valence-corrected chi connectivity index (χ1v) is 8.59. The highest BCUT2D eigenvalue weighted by Crippen LogP contribution is 2.28. The number of benzene rings is 1. The molecule has 0 spiro atoms. The maximum Gasteiger partial charge on any atom is 0.278 e. The predicted octanol–water partition coefficient (Wildman–Crippen LogP) is 2.94. The number of unbranched alkanes of at least 4 members (excludes halogenated alkanes) is 1. The Kier molecular flexibility index (Phi) is 4.79. The van der Waals surface area contributed by atoms with Gasteiger partial charge in [-0.25, -0.2) is 4.68 Å². The van der Waals surface area contributed by atoms with E-state index in [-0.39, 0.29) is 11.5 Å². The molecule has 1 amide bonds. The van der Waals surface area contributed by atoms with E-state index in [1.54, 1.807) is 4.90 Å². The fourth-order valence-corrected chi connectivity index (χ4v) is 3.11. The Labute approximate surface area is 141 Å². The van der Waals surface area contributed by atoms with E-state index in [1.807, 2.05) is 12.1 Å². The quantitative estimate of drug-likeness (QED) is 0.868. The molecule has 1 aromatic heterocycles. The van der Waals surface area contributed by atoms with Crippen LogP contribution in [-0.4, -0.2) is 22.2 Å². The monoisotopic (exact) mass is 325 g/mol.